The van der Waals surface area contributed by atoms with Crippen molar-refractivity contribution in [2.24, 2.45) is 0 Å². The lowest BCUT2D eigenvalue weighted by Gasteiger charge is -2.16. The number of nitrogens with one attached hydrogen (secondary N) is 2. The second kappa shape index (κ2) is 10.4. The number of carboxylic acid groups (broad SMARTS) is 2. The molecule has 3 aromatic rings. The van der Waals surface area contributed by atoms with E-state index in [0.717, 1.165) is 5.56 Å². The van der Waals surface area contributed by atoms with Crippen LogP contribution in [0.2, 0.25) is 0 Å². The van der Waals surface area contributed by atoms with E-state index in [1.165, 1.54) is 54.6 Å². The fourth-order valence-electron chi connectivity index (χ4n) is 3.68. The van der Waals surface area contributed by atoms with Crippen LogP contribution in [0.4, 0.5) is 11.4 Å². The van der Waals surface area contributed by atoms with Crippen LogP contribution >= 0.6 is 0 Å². The molecule has 0 unspecified atom stereocenters. The molecule has 0 radical (unpaired) electrons. The molecular weight excluding hydrogens is 436 g/mol. The Hall–Kier alpha value is -4.46. The highest BCUT2D eigenvalue weighted by atomic mass is 16.4. The molecule has 2 amide bonds. The highest BCUT2D eigenvalue weighted by Gasteiger charge is 2.17. The lowest BCUT2D eigenvalue weighted by atomic mass is 9.95. The van der Waals surface area contributed by atoms with Crippen molar-refractivity contribution in [1.29, 1.82) is 0 Å². The van der Waals surface area contributed by atoms with Crippen LogP contribution in [0.15, 0.2) is 60.7 Å². The minimum absolute atomic E-state index is 0.114. The van der Waals surface area contributed by atoms with E-state index in [0.29, 0.717) is 40.9 Å². The molecule has 0 spiro atoms. The lowest BCUT2D eigenvalue weighted by Crippen LogP contribution is -2.16. The molecule has 4 N–H and O–H groups in total. The highest BCUT2D eigenvalue weighted by Crippen LogP contribution is 2.26. The molecule has 0 fully saturated rings. The van der Waals surface area contributed by atoms with Gasteiger partial charge in [-0.1, -0.05) is 13.8 Å². The molecule has 34 heavy (non-hydrogen) atoms. The van der Waals surface area contributed by atoms with Gasteiger partial charge in [0.05, 0.1) is 11.1 Å². The molecule has 8 heteroatoms. The Labute approximate surface area is 196 Å². The summed E-state index contributed by atoms with van der Waals surface area (Å²) in [6.07, 6.45) is 1.09. The van der Waals surface area contributed by atoms with Gasteiger partial charge < -0.3 is 20.8 Å². The normalized spacial score (nSPS) is 10.4. The number of carbonyl (C=O) groups is 4. The Bertz CT molecular complexity index is 1250. The van der Waals surface area contributed by atoms with Crippen molar-refractivity contribution >= 4 is 35.1 Å². The molecule has 0 aliphatic heterocycles. The topological polar surface area (TPSA) is 133 Å². The zero-order chi connectivity index (χ0) is 24.8. The minimum Gasteiger partial charge on any atom is -0.478 e. The van der Waals surface area contributed by atoms with E-state index in [1.54, 1.807) is 6.07 Å². The van der Waals surface area contributed by atoms with Crippen molar-refractivity contribution in [2.75, 3.05) is 10.6 Å². The SMILES string of the molecule is CCc1c(NC(=O)c2ccc(C(=O)Nc3ccc(C(=O)O)cc3)cc2)ccc(C(=O)O)c1CC. The molecule has 0 aliphatic carbocycles. The third-order valence-corrected chi connectivity index (χ3v) is 5.42. The van der Waals surface area contributed by atoms with Crippen LogP contribution in [0, 0.1) is 0 Å². The maximum Gasteiger partial charge on any atom is 0.335 e. The molecule has 0 aliphatic rings. The Morgan fingerprint density at radius 1 is 0.618 bits per heavy atom. The summed E-state index contributed by atoms with van der Waals surface area (Å²) >= 11 is 0. The first-order valence-electron chi connectivity index (χ1n) is 10.7. The van der Waals surface area contributed by atoms with Crippen LogP contribution in [0.3, 0.4) is 0 Å². The second-order valence-corrected chi connectivity index (χ2v) is 7.50. The standard InChI is InChI=1S/C26H24N2O6/c1-3-19-20(4-2)22(14-13-21(19)26(33)34)28-24(30)16-7-5-15(6-8-16)23(29)27-18-11-9-17(10-12-18)25(31)32/h5-14H,3-4H2,1-2H3,(H,27,29)(H,28,30)(H,31,32)(H,33,34). The molecule has 3 aromatic carbocycles. The van der Waals surface area contributed by atoms with Gasteiger partial charge in [-0.3, -0.25) is 9.59 Å². The average molecular weight is 460 g/mol. The van der Waals surface area contributed by atoms with Crippen LogP contribution in [0.25, 0.3) is 0 Å². The quantitative estimate of drug-likeness (QED) is 0.385. The van der Waals surface area contributed by atoms with Crippen molar-refractivity contribution in [2.45, 2.75) is 26.7 Å². The number of amides is 2. The van der Waals surface area contributed by atoms with E-state index in [2.05, 4.69) is 10.6 Å². The molecule has 0 saturated heterocycles. The summed E-state index contributed by atoms with van der Waals surface area (Å²) in [4.78, 5) is 47.7. The van der Waals surface area contributed by atoms with Crippen molar-refractivity contribution in [3.8, 4) is 0 Å². The predicted octanol–water partition coefficient (Wildman–Crippen LogP) is 4.71. The van der Waals surface area contributed by atoms with Gasteiger partial charge in [0.2, 0.25) is 0 Å². The number of aromatic carboxylic acids is 2. The largest absolute Gasteiger partial charge is 0.478 e. The Morgan fingerprint density at radius 2 is 1.12 bits per heavy atom. The summed E-state index contributed by atoms with van der Waals surface area (Å²) in [6.45, 7) is 3.77. The lowest BCUT2D eigenvalue weighted by molar-refractivity contribution is 0.0685. The van der Waals surface area contributed by atoms with Crippen molar-refractivity contribution in [3.05, 3.63) is 94.0 Å². The van der Waals surface area contributed by atoms with Crippen LogP contribution in [0.5, 0.6) is 0 Å². The van der Waals surface area contributed by atoms with Crippen molar-refractivity contribution in [3.63, 3.8) is 0 Å². The molecule has 0 saturated carbocycles. The summed E-state index contributed by atoms with van der Waals surface area (Å²) in [5, 5.41) is 23.9. The first-order valence-corrected chi connectivity index (χ1v) is 10.7. The van der Waals surface area contributed by atoms with Gasteiger partial charge in [0, 0.05) is 22.5 Å². The molecule has 0 atom stereocenters. The van der Waals surface area contributed by atoms with E-state index >= 15 is 0 Å². The van der Waals surface area contributed by atoms with Crippen LogP contribution in [-0.4, -0.2) is 34.0 Å². The first kappa shape index (κ1) is 24.2. The summed E-state index contributed by atoms with van der Waals surface area (Å²) in [7, 11) is 0. The van der Waals surface area contributed by atoms with Gasteiger partial charge in [0.15, 0.2) is 0 Å². The second-order valence-electron chi connectivity index (χ2n) is 7.50. The number of hydrogen-bond acceptors (Lipinski definition) is 4. The molecule has 8 nitrogen and oxygen atoms in total. The van der Waals surface area contributed by atoms with E-state index in [1.807, 2.05) is 13.8 Å². The van der Waals surface area contributed by atoms with Gasteiger partial charge >= 0.3 is 11.9 Å². The van der Waals surface area contributed by atoms with Crippen LogP contribution in [0.1, 0.15) is 66.4 Å². The predicted molar refractivity (Wildman–Crippen MR) is 128 cm³/mol. The fraction of sp³-hybridized carbons (Fsp3) is 0.154. The number of rotatable bonds is 8. The number of anilines is 2. The van der Waals surface area contributed by atoms with E-state index in [-0.39, 0.29) is 17.0 Å². The summed E-state index contributed by atoms with van der Waals surface area (Å²) in [5.74, 6) is -2.84. The highest BCUT2D eigenvalue weighted by molar-refractivity contribution is 6.07. The third kappa shape index (κ3) is 5.29. The van der Waals surface area contributed by atoms with Gasteiger partial charge in [0.25, 0.3) is 11.8 Å². The molecule has 0 bridgehead atoms. The minimum atomic E-state index is -1.05. The van der Waals surface area contributed by atoms with Gasteiger partial charge in [-0.25, -0.2) is 9.59 Å². The molecule has 0 heterocycles. The molecular formula is C26H24N2O6. The fourth-order valence-corrected chi connectivity index (χ4v) is 3.68. The third-order valence-electron chi connectivity index (χ3n) is 5.42. The van der Waals surface area contributed by atoms with Gasteiger partial charge in [-0.05, 0) is 84.6 Å². The molecule has 174 valence electrons. The number of benzene rings is 3. The molecule has 0 aromatic heterocycles. The Kier molecular flexibility index (Phi) is 7.43. The van der Waals surface area contributed by atoms with Crippen molar-refractivity contribution in [1.82, 2.24) is 0 Å². The van der Waals surface area contributed by atoms with Crippen LogP contribution < -0.4 is 10.6 Å². The van der Waals surface area contributed by atoms with E-state index in [4.69, 9.17) is 5.11 Å². The number of hydrogen-bond donors (Lipinski definition) is 4. The first-order chi connectivity index (χ1) is 16.2. The summed E-state index contributed by atoms with van der Waals surface area (Å²) in [5.41, 5.74) is 3.48. The monoisotopic (exact) mass is 460 g/mol. The molecule has 3 rings (SSSR count). The summed E-state index contributed by atoms with van der Waals surface area (Å²) < 4.78 is 0. The van der Waals surface area contributed by atoms with Gasteiger partial charge in [0.1, 0.15) is 0 Å². The number of carbonyl (C=O) groups excluding carboxylic acids is 2. The Morgan fingerprint density at radius 3 is 1.59 bits per heavy atom. The Balaban J connectivity index is 1.73. The maximum atomic E-state index is 12.8. The van der Waals surface area contributed by atoms with E-state index in [9.17, 15) is 24.3 Å². The van der Waals surface area contributed by atoms with Crippen molar-refractivity contribution < 1.29 is 29.4 Å². The average Bonchev–Trinajstić information content (AvgIpc) is 2.83. The van der Waals surface area contributed by atoms with Gasteiger partial charge in [-0.2, -0.15) is 0 Å². The summed E-state index contributed by atoms with van der Waals surface area (Å²) in [6, 6.07) is 14.9. The van der Waals surface area contributed by atoms with Crippen LogP contribution in [-0.2, 0) is 12.8 Å². The van der Waals surface area contributed by atoms with E-state index < -0.39 is 17.8 Å². The maximum absolute atomic E-state index is 12.8. The zero-order valence-electron chi connectivity index (χ0n) is 18.7. The zero-order valence-corrected chi connectivity index (χ0v) is 18.7. The smallest absolute Gasteiger partial charge is 0.335 e. The van der Waals surface area contributed by atoms with Gasteiger partial charge in [-0.15, -0.1) is 0 Å². The number of carboxylic acids is 2.